The minimum absolute atomic E-state index is 0.190. The smallest absolute Gasteiger partial charge is 0.160 e. The van der Waals surface area contributed by atoms with Gasteiger partial charge in [0.25, 0.3) is 0 Å². The Hall–Kier alpha value is -6.26. The molecule has 1 aliphatic rings. The molecular formula is C45H33N3O. The van der Waals surface area contributed by atoms with Crippen molar-refractivity contribution >= 4 is 49.8 Å². The Kier molecular flexibility index (Phi) is 7.13. The number of benzene rings is 6. The highest BCUT2D eigenvalue weighted by Crippen LogP contribution is 2.44. The summed E-state index contributed by atoms with van der Waals surface area (Å²) < 4.78 is 6.68. The van der Waals surface area contributed by atoms with E-state index in [9.17, 15) is 0 Å². The van der Waals surface area contributed by atoms with Crippen molar-refractivity contribution in [1.82, 2.24) is 9.97 Å². The van der Waals surface area contributed by atoms with E-state index in [1.54, 1.807) is 0 Å². The van der Waals surface area contributed by atoms with Crippen LogP contribution in [0.25, 0.3) is 55.4 Å². The van der Waals surface area contributed by atoms with Crippen LogP contribution in [0.15, 0.2) is 168 Å². The van der Waals surface area contributed by atoms with Crippen LogP contribution in [0.4, 0.5) is 17.1 Å². The lowest BCUT2D eigenvalue weighted by Gasteiger charge is -2.26. The van der Waals surface area contributed by atoms with Gasteiger partial charge in [-0.1, -0.05) is 121 Å². The average Bonchev–Trinajstić information content (AvgIpc) is 3.55. The van der Waals surface area contributed by atoms with Gasteiger partial charge < -0.3 is 9.32 Å². The number of allylic oxidation sites excluding steroid dienone is 4. The number of hydrogen-bond acceptors (Lipinski definition) is 4. The van der Waals surface area contributed by atoms with Crippen molar-refractivity contribution in [2.75, 3.05) is 4.90 Å². The summed E-state index contributed by atoms with van der Waals surface area (Å²) in [6.45, 7) is 2.16. The van der Waals surface area contributed by atoms with Gasteiger partial charge in [-0.3, -0.25) is 0 Å². The molecule has 1 unspecified atom stereocenters. The third-order valence-corrected chi connectivity index (χ3v) is 9.56. The number of rotatable bonds is 6. The largest absolute Gasteiger partial charge is 0.456 e. The zero-order valence-corrected chi connectivity index (χ0v) is 27.1. The van der Waals surface area contributed by atoms with Crippen LogP contribution in [0.3, 0.4) is 0 Å². The fourth-order valence-electron chi connectivity index (χ4n) is 7.22. The van der Waals surface area contributed by atoms with Crippen LogP contribution in [0.5, 0.6) is 0 Å². The maximum atomic E-state index is 6.68. The highest BCUT2D eigenvalue weighted by molar-refractivity contribution is 6.13. The van der Waals surface area contributed by atoms with Gasteiger partial charge in [-0.15, -0.1) is 0 Å². The van der Waals surface area contributed by atoms with Crippen LogP contribution in [-0.4, -0.2) is 9.97 Å². The third kappa shape index (κ3) is 5.10. The molecule has 0 radical (unpaired) electrons. The minimum Gasteiger partial charge on any atom is -0.456 e. The lowest BCUT2D eigenvalue weighted by atomic mass is 9.91. The molecule has 1 atom stereocenters. The first-order valence-electron chi connectivity index (χ1n) is 16.8. The van der Waals surface area contributed by atoms with Gasteiger partial charge in [0.2, 0.25) is 0 Å². The van der Waals surface area contributed by atoms with Crippen molar-refractivity contribution in [3.63, 3.8) is 0 Å². The number of fused-ring (bicyclic) bond motifs is 4. The number of furan rings is 1. The molecule has 49 heavy (non-hydrogen) atoms. The van der Waals surface area contributed by atoms with Crippen LogP contribution in [-0.2, 0) is 0 Å². The van der Waals surface area contributed by atoms with E-state index < -0.39 is 0 Å². The summed E-state index contributed by atoms with van der Waals surface area (Å²) >= 11 is 0. The summed E-state index contributed by atoms with van der Waals surface area (Å²) in [5.41, 5.74) is 10.0. The monoisotopic (exact) mass is 631 g/mol. The Labute approximate surface area is 285 Å². The second-order valence-electron chi connectivity index (χ2n) is 12.6. The molecule has 6 aromatic carbocycles. The summed E-state index contributed by atoms with van der Waals surface area (Å²) in [6.07, 6.45) is 9.61. The summed E-state index contributed by atoms with van der Waals surface area (Å²) in [5, 5.41) is 4.51. The SMILES string of the molecule is Cc1c(-c2cccc3oc4cc(N(c5ccccc5)c5cccc6ccccc56)ccc4c23)nc(-c2ccccc2)nc1C1C=CC=CC1. The zero-order valence-electron chi connectivity index (χ0n) is 27.1. The van der Waals surface area contributed by atoms with Crippen molar-refractivity contribution in [2.45, 2.75) is 19.3 Å². The Morgan fingerprint density at radius 1 is 0.653 bits per heavy atom. The van der Waals surface area contributed by atoms with E-state index in [1.165, 1.54) is 10.8 Å². The predicted octanol–water partition coefficient (Wildman–Crippen LogP) is 12.2. The summed E-state index contributed by atoms with van der Waals surface area (Å²) in [5.74, 6) is 0.926. The van der Waals surface area contributed by atoms with Crippen molar-refractivity contribution in [1.29, 1.82) is 0 Å². The molecule has 1 aliphatic carbocycles. The quantitative estimate of drug-likeness (QED) is 0.183. The first-order valence-corrected chi connectivity index (χ1v) is 16.8. The standard InChI is InChI=1S/C45H33N3O/c1-30-43(32-16-5-2-6-17-32)46-45(33-18-7-3-8-19-33)47-44(30)38-24-14-26-40-42(38)37-28-27-35(29-41(37)49-40)48(34-21-9-4-10-22-34)39-25-13-20-31-15-11-12-23-36(31)39/h2-16,18-29,32H,17H2,1H3. The second kappa shape index (κ2) is 12.1. The first-order chi connectivity index (χ1) is 24.2. The van der Waals surface area contributed by atoms with E-state index in [0.29, 0.717) is 0 Å². The molecule has 0 fully saturated rings. The molecule has 0 amide bonds. The number of aromatic nitrogens is 2. The molecular weight excluding hydrogens is 599 g/mol. The topological polar surface area (TPSA) is 42.2 Å². The molecule has 2 aromatic heterocycles. The Morgan fingerprint density at radius 2 is 1.43 bits per heavy atom. The highest BCUT2D eigenvalue weighted by atomic mass is 16.3. The molecule has 9 rings (SSSR count). The summed E-state index contributed by atoms with van der Waals surface area (Å²) in [4.78, 5) is 12.7. The zero-order chi connectivity index (χ0) is 32.7. The van der Waals surface area contributed by atoms with Gasteiger partial charge in [0, 0.05) is 50.6 Å². The molecule has 8 aromatic rings. The first kappa shape index (κ1) is 28.9. The summed E-state index contributed by atoms with van der Waals surface area (Å²) in [7, 11) is 0. The molecule has 0 N–H and O–H groups in total. The van der Waals surface area contributed by atoms with Crippen molar-refractivity contribution < 1.29 is 4.42 Å². The number of para-hydroxylation sites is 1. The Bertz CT molecular complexity index is 2540. The molecule has 0 spiro atoms. The van der Waals surface area contributed by atoms with Gasteiger partial charge in [0.05, 0.1) is 17.1 Å². The van der Waals surface area contributed by atoms with Crippen LogP contribution in [0, 0.1) is 6.92 Å². The van der Waals surface area contributed by atoms with Crippen molar-refractivity contribution in [2.24, 2.45) is 0 Å². The molecule has 0 saturated heterocycles. The van der Waals surface area contributed by atoms with Gasteiger partial charge in [-0.25, -0.2) is 9.97 Å². The molecule has 0 bridgehead atoms. The van der Waals surface area contributed by atoms with Gasteiger partial charge >= 0.3 is 0 Å². The van der Waals surface area contributed by atoms with Crippen molar-refractivity contribution in [3.05, 3.63) is 175 Å². The maximum absolute atomic E-state index is 6.68. The van der Waals surface area contributed by atoms with E-state index in [0.717, 1.165) is 79.3 Å². The molecule has 4 heteroatoms. The fourth-order valence-corrected chi connectivity index (χ4v) is 7.22. The normalized spacial score (nSPS) is 14.2. The van der Waals surface area contributed by atoms with Crippen LogP contribution >= 0.6 is 0 Å². The fraction of sp³-hybridized carbons (Fsp3) is 0.0667. The van der Waals surface area contributed by atoms with E-state index in [-0.39, 0.29) is 5.92 Å². The average molecular weight is 632 g/mol. The Balaban J connectivity index is 1.24. The second-order valence-corrected chi connectivity index (χ2v) is 12.6. The lowest BCUT2D eigenvalue weighted by Crippen LogP contribution is -2.10. The number of hydrogen-bond donors (Lipinski definition) is 0. The lowest BCUT2D eigenvalue weighted by molar-refractivity contribution is 0.669. The maximum Gasteiger partial charge on any atom is 0.160 e. The van der Waals surface area contributed by atoms with Crippen LogP contribution in [0.1, 0.15) is 23.6 Å². The molecule has 0 aliphatic heterocycles. The number of anilines is 3. The predicted molar refractivity (Wildman–Crippen MR) is 203 cm³/mol. The molecule has 0 saturated carbocycles. The molecule has 2 heterocycles. The summed E-state index contributed by atoms with van der Waals surface area (Å²) in [6, 6.07) is 48.7. The van der Waals surface area contributed by atoms with Crippen LogP contribution in [0.2, 0.25) is 0 Å². The van der Waals surface area contributed by atoms with Gasteiger partial charge in [0.15, 0.2) is 5.82 Å². The van der Waals surface area contributed by atoms with E-state index in [2.05, 4.69) is 157 Å². The van der Waals surface area contributed by atoms with Crippen molar-refractivity contribution in [3.8, 4) is 22.6 Å². The van der Waals surface area contributed by atoms with E-state index in [4.69, 9.17) is 14.4 Å². The minimum atomic E-state index is 0.190. The van der Waals surface area contributed by atoms with E-state index >= 15 is 0 Å². The van der Waals surface area contributed by atoms with Crippen LogP contribution < -0.4 is 4.90 Å². The third-order valence-electron chi connectivity index (χ3n) is 9.56. The van der Waals surface area contributed by atoms with Gasteiger partial charge in [-0.2, -0.15) is 0 Å². The molecule has 4 nitrogen and oxygen atoms in total. The van der Waals surface area contributed by atoms with E-state index in [1.807, 2.05) is 18.2 Å². The van der Waals surface area contributed by atoms with Gasteiger partial charge in [0.1, 0.15) is 11.2 Å². The Morgan fingerprint density at radius 3 is 2.27 bits per heavy atom. The number of nitrogens with zero attached hydrogens (tertiary/aromatic N) is 3. The molecule has 234 valence electrons. The highest BCUT2D eigenvalue weighted by Gasteiger charge is 2.23. The van der Waals surface area contributed by atoms with Gasteiger partial charge in [-0.05, 0) is 60.7 Å².